The molecule has 1 N–H and O–H groups in total. The van der Waals surface area contributed by atoms with Gasteiger partial charge in [-0.05, 0) is 32.0 Å². The van der Waals surface area contributed by atoms with Crippen LogP contribution in [-0.2, 0) is 11.3 Å². The molecule has 0 aromatic heterocycles. The first-order valence-electron chi connectivity index (χ1n) is 7.93. The molecule has 0 fully saturated rings. The van der Waals surface area contributed by atoms with Gasteiger partial charge in [-0.1, -0.05) is 30.3 Å². The van der Waals surface area contributed by atoms with Gasteiger partial charge in [0.05, 0.1) is 13.7 Å². The molecule has 0 aliphatic heterocycles. The van der Waals surface area contributed by atoms with Crippen molar-refractivity contribution < 1.29 is 19.0 Å². The lowest BCUT2D eigenvalue weighted by atomic mass is 10.2. The molecule has 1 amide bonds. The normalized spacial score (nSPS) is 11.5. The minimum atomic E-state index is -0.638. The number of carbonyl (C=O) groups excluding carboxylic acids is 1. The van der Waals surface area contributed by atoms with E-state index in [4.69, 9.17) is 14.2 Å². The highest BCUT2D eigenvalue weighted by molar-refractivity contribution is 5.80. The van der Waals surface area contributed by atoms with Gasteiger partial charge in [0, 0.05) is 12.1 Å². The maximum Gasteiger partial charge on any atom is 0.261 e. The lowest BCUT2D eigenvalue weighted by Gasteiger charge is -2.17. The Labute approximate surface area is 142 Å². The molecule has 2 aromatic carbocycles. The van der Waals surface area contributed by atoms with Gasteiger partial charge in [0.25, 0.3) is 5.91 Å². The summed E-state index contributed by atoms with van der Waals surface area (Å²) >= 11 is 0. The predicted molar refractivity (Wildman–Crippen MR) is 92.5 cm³/mol. The smallest absolute Gasteiger partial charge is 0.261 e. The van der Waals surface area contributed by atoms with E-state index in [2.05, 4.69) is 5.32 Å². The summed E-state index contributed by atoms with van der Waals surface area (Å²) in [6.07, 6.45) is -0.638. The molecule has 0 saturated carbocycles. The highest BCUT2D eigenvalue weighted by Gasteiger charge is 2.16. The first-order valence-corrected chi connectivity index (χ1v) is 7.93. The summed E-state index contributed by atoms with van der Waals surface area (Å²) in [5, 5.41) is 2.87. The molecule has 0 spiro atoms. The van der Waals surface area contributed by atoms with Crippen molar-refractivity contribution in [2.75, 3.05) is 13.7 Å². The second-order valence-corrected chi connectivity index (χ2v) is 5.17. The number of carbonyl (C=O) groups is 1. The monoisotopic (exact) mass is 329 g/mol. The Hall–Kier alpha value is -2.69. The maximum atomic E-state index is 12.3. The third kappa shape index (κ3) is 4.65. The van der Waals surface area contributed by atoms with Crippen LogP contribution in [0.2, 0.25) is 0 Å². The minimum absolute atomic E-state index is 0.202. The molecule has 2 aromatic rings. The fourth-order valence-electron chi connectivity index (χ4n) is 2.23. The van der Waals surface area contributed by atoms with E-state index in [9.17, 15) is 4.79 Å². The first kappa shape index (κ1) is 17.7. The Balaban J connectivity index is 1.95. The van der Waals surface area contributed by atoms with Crippen LogP contribution >= 0.6 is 0 Å². The van der Waals surface area contributed by atoms with Crippen LogP contribution in [0.25, 0.3) is 0 Å². The molecule has 0 saturated heterocycles. The van der Waals surface area contributed by atoms with E-state index in [-0.39, 0.29) is 5.91 Å². The summed E-state index contributed by atoms with van der Waals surface area (Å²) in [6, 6.07) is 14.9. The van der Waals surface area contributed by atoms with E-state index < -0.39 is 6.10 Å². The predicted octanol–water partition coefficient (Wildman–Crippen LogP) is 3.18. The number of ether oxygens (including phenoxy) is 3. The summed E-state index contributed by atoms with van der Waals surface area (Å²) in [5.41, 5.74) is 0.928. The van der Waals surface area contributed by atoms with Gasteiger partial charge in [0.2, 0.25) is 0 Å². The molecular formula is C19H23NO4. The highest BCUT2D eigenvalue weighted by atomic mass is 16.5. The molecule has 5 heteroatoms. The minimum Gasteiger partial charge on any atom is -0.494 e. The third-order valence-electron chi connectivity index (χ3n) is 3.47. The van der Waals surface area contributed by atoms with Gasteiger partial charge in [-0.25, -0.2) is 0 Å². The average molecular weight is 329 g/mol. The second-order valence-electron chi connectivity index (χ2n) is 5.17. The van der Waals surface area contributed by atoms with Gasteiger partial charge in [-0.15, -0.1) is 0 Å². The number of para-hydroxylation sites is 3. The van der Waals surface area contributed by atoms with Crippen LogP contribution < -0.4 is 19.5 Å². The van der Waals surface area contributed by atoms with Crippen molar-refractivity contribution in [3.8, 4) is 17.2 Å². The number of hydrogen-bond acceptors (Lipinski definition) is 4. The third-order valence-corrected chi connectivity index (χ3v) is 3.47. The Morgan fingerprint density at radius 2 is 1.67 bits per heavy atom. The Kier molecular flexibility index (Phi) is 6.49. The lowest BCUT2D eigenvalue weighted by molar-refractivity contribution is -0.127. The molecular weight excluding hydrogens is 306 g/mol. The van der Waals surface area contributed by atoms with Crippen LogP contribution in [0, 0.1) is 0 Å². The van der Waals surface area contributed by atoms with E-state index in [0.29, 0.717) is 24.7 Å². The molecule has 128 valence electrons. The summed E-state index contributed by atoms with van der Waals surface area (Å²) in [4.78, 5) is 12.3. The zero-order valence-electron chi connectivity index (χ0n) is 14.2. The van der Waals surface area contributed by atoms with Crippen molar-refractivity contribution >= 4 is 5.91 Å². The molecule has 5 nitrogen and oxygen atoms in total. The number of amides is 1. The quantitative estimate of drug-likeness (QED) is 0.808. The zero-order valence-corrected chi connectivity index (χ0v) is 14.2. The van der Waals surface area contributed by atoms with Crippen LogP contribution in [0.1, 0.15) is 19.4 Å². The maximum absolute atomic E-state index is 12.3. The fourth-order valence-corrected chi connectivity index (χ4v) is 2.23. The Bertz CT molecular complexity index is 672. The average Bonchev–Trinajstić information content (AvgIpc) is 2.61. The SMILES string of the molecule is CCOc1ccccc1CNC(=O)[C@H](C)Oc1ccccc1OC. The summed E-state index contributed by atoms with van der Waals surface area (Å²) in [7, 11) is 1.57. The summed E-state index contributed by atoms with van der Waals surface area (Å²) < 4.78 is 16.5. The Morgan fingerprint density at radius 3 is 2.33 bits per heavy atom. The number of nitrogens with one attached hydrogen (secondary N) is 1. The van der Waals surface area contributed by atoms with Crippen molar-refractivity contribution in [2.24, 2.45) is 0 Å². The standard InChI is InChI=1S/C19H23NO4/c1-4-23-16-10-6-5-9-15(16)13-20-19(21)14(2)24-18-12-8-7-11-17(18)22-3/h5-12,14H,4,13H2,1-3H3,(H,20,21)/t14-/m0/s1. The first-order chi connectivity index (χ1) is 11.7. The topological polar surface area (TPSA) is 56.8 Å². The molecule has 0 aliphatic rings. The molecule has 0 radical (unpaired) electrons. The largest absolute Gasteiger partial charge is 0.494 e. The van der Waals surface area contributed by atoms with Crippen LogP contribution in [0.4, 0.5) is 0 Å². The van der Waals surface area contributed by atoms with Crippen molar-refractivity contribution in [2.45, 2.75) is 26.5 Å². The van der Waals surface area contributed by atoms with Gasteiger partial charge >= 0.3 is 0 Å². The fraction of sp³-hybridized carbons (Fsp3) is 0.316. The highest BCUT2D eigenvalue weighted by Crippen LogP contribution is 2.26. The van der Waals surface area contributed by atoms with E-state index in [0.717, 1.165) is 11.3 Å². The van der Waals surface area contributed by atoms with E-state index in [1.54, 1.807) is 26.2 Å². The summed E-state index contributed by atoms with van der Waals surface area (Å²) in [6.45, 7) is 4.60. The number of benzene rings is 2. The van der Waals surface area contributed by atoms with Crippen LogP contribution in [0.15, 0.2) is 48.5 Å². The Morgan fingerprint density at radius 1 is 1.04 bits per heavy atom. The van der Waals surface area contributed by atoms with E-state index >= 15 is 0 Å². The molecule has 1 atom stereocenters. The molecule has 0 aliphatic carbocycles. The molecule has 0 heterocycles. The van der Waals surface area contributed by atoms with Crippen molar-refractivity contribution in [1.82, 2.24) is 5.32 Å². The van der Waals surface area contributed by atoms with Gasteiger partial charge in [0.15, 0.2) is 17.6 Å². The van der Waals surface area contributed by atoms with Crippen molar-refractivity contribution in [3.05, 3.63) is 54.1 Å². The second kappa shape index (κ2) is 8.82. The van der Waals surface area contributed by atoms with Gasteiger partial charge in [0.1, 0.15) is 5.75 Å². The summed E-state index contributed by atoms with van der Waals surface area (Å²) in [5.74, 6) is 1.71. The van der Waals surface area contributed by atoms with Gasteiger partial charge in [-0.2, -0.15) is 0 Å². The molecule has 0 bridgehead atoms. The molecule has 0 unspecified atom stereocenters. The lowest BCUT2D eigenvalue weighted by Crippen LogP contribution is -2.36. The van der Waals surface area contributed by atoms with Gasteiger partial charge < -0.3 is 19.5 Å². The van der Waals surface area contributed by atoms with Crippen LogP contribution in [0.3, 0.4) is 0 Å². The van der Waals surface area contributed by atoms with Crippen LogP contribution in [0.5, 0.6) is 17.2 Å². The van der Waals surface area contributed by atoms with Crippen LogP contribution in [-0.4, -0.2) is 25.7 Å². The zero-order chi connectivity index (χ0) is 17.4. The molecule has 24 heavy (non-hydrogen) atoms. The van der Waals surface area contributed by atoms with Crippen molar-refractivity contribution in [3.63, 3.8) is 0 Å². The molecule has 2 rings (SSSR count). The van der Waals surface area contributed by atoms with Crippen molar-refractivity contribution in [1.29, 1.82) is 0 Å². The number of rotatable bonds is 8. The van der Waals surface area contributed by atoms with Gasteiger partial charge in [-0.3, -0.25) is 4.79 Å². The number of methoxy groups -OCH3 is 1. The number of hydrogen-bond donors (Lipinski definition) is 1. The van der Waals surface area contributed by atoms with E-state index in [1.165, 1.54) is 0 Å². The van der Waals surface area contributed by atoms with E-state index in [1.807, 2.05) is 43.3 Å².